The number of hydrogen-bond donors (Lipinski definition) is 1. The van der Waals surface area contributed by atoms with Gasteiger partial charge in [-0.25, -0.2) is 18.1 Å². The maximum atomic E-state index is 12.9. The Morgan fingerprint density at radius 1 is 1.20 bits per heavy atom. The maximum absolute atomic E-state index is 12.9. The molecule has 0 saturated carbocycles. The van der Waals surface area contributed by atoms with Crippen LogP contribution < -0.4 is 4.87 Å². The molecule has 1 fully saturated rings. The fourth-order valence-electron chi connectivity index (χ4n) is 3.50. The minimum atomic E-state index is -3.76. The first-order chi connectivity index (χ1) is 14.2. The molecular formula is C18H22N6O4S2. The number of amides is 1. The summed E-state index contributed by atoms with van der Waals surface area (Å²) < 4.78 is 28.8. The van der Waals surface area contributed by atoms with Gasteiger partial charge in [-0.2, -0.15) is 9.40 Å². The van der Waals surface area contributed by atoms with Gasteiger partial charge in [0.25, 0.3) is 15.9 Å². The van der Waals surface area contributed by atoms with Gasteiger partial charge in [0, 0.05) is 49.5 Å². The van der Waals surface area contributed by atoms with Gasteiger partial charge in [-0.3, -0.25) is 9.59 Å². The van der Waals surface area contributed by atoms with E-state index in [1.165, 1.54) is 10.5 Å². The Bertz CT molecular complexity index is 1270. The third kappa shape index (κ3) is 3.55. The number of carbonyl (C=O) groups is 1. The average Bonchev–Trinajstić information content (AvgIpc) is 3.29. The monoisotopic (exact) mass is 450 g/mol. The van der Waals surface area contributed by atoms with Crippen molar-refractivity contribution < 1.29 is 13.2 Å². The highest BCUT2D eigenvalue weighted by Gasteiger charge is 2.33. The van der Waals surface area contributed by atoms with Crippen molar-refractivity contribution in [3.8, 4) is 0 Å². The summed E-state index contributed by atoms with van der Waals surface area (Å²) in [5, 5.41) is 5.10. The van der Waals surface area contributed by atoms with Crippen LogP contribution in [-0.2, 0) is 10.0 Å². The zero-order chi connectivity index (χ0) is 21.6. The third-order valence-electron chi connectivity index (χ3n) is 5.05. The van der Waals surface area contributed by atoms with Crippen LogP contribution in [0, 0.1) is 6.92 Å². The van der Waals surface area contributed by atoms with E-state index in [1.807, 2.05) is 13.8 Å². The number of nitrogens with zero attached hydrogens (tertiary/aromatic N) is 5. The van der Waals surface area contributed by atoms with Crippen molar-refractivity contribution in [1.29, 1.82) is 0 Å². The van der Waals surface area contributed by atoms with Crippen LogP contribution in [0.1, 0.15) is 35.9 Å². The van der Waals surface area contributed by atoms with Crippen LogP contribution in [0.25, 0.3) is 11.0 Å². The molecule has 1 amide bonds. The number of nitrogens with one attached hydrogen (secondary N) is 1. The summed E-state index contributed by atoms with van der Waals surface area (Å²) in [7, 11) is -3.76. The van der Waals surface area contributed by atoms with E-state index < -0.39 is 14.9 Å². The topological polar surface area (TPSA) is 121 Å². The predicted octanol–water partition coefficient (Wildman–Crippen LogP) is 1.22. The molecule has 4 heterocycles. The lowest BCUT2D eigenvalue weighted by atomic mass is 10.2. The molecule has 3 aromatic heterocycles. The van der Waals surface area contributed by atoms with Gasteiger partial charge >= 0.3 is 4.87 Å². The zero-order valence-electron chi connectivity index (χ0n) is 16.8. The summed E-state index contributed by atoms with van der Waals surface area (Å²) in [6, 6.07) is 1.93. The van der Waals surface area contributed by atoms with Crippen molar-refractivity contribution in [2.24, 2.45) is 0 Å². The highest BCUT2D eigenvalue weighted by molar-refractivity contribution is 7.91. The van der Waals surface area contributed by atoms with Crippen molar-refractivity contribution in [3.63, 3.8) is 0 Å². The lowest BCUT2D eigenvalue weighted by molar-refractivity contribution is 0.0697. The SMILES string of the molecule is Cc1[nH]c(=O)sc1S(=O)(=O)N1CCN(C(=O)c2cnc3c(cnn3C(C)C)c2)CC1. The Labute approximate surface area is 177 Å². The molecule has 12 heteroatoms. The van der Waals surface area contributed by atoms with Gasteiger partial charge in [0.2, 0.25) is 0 Å². The molecule has 0 spiro atoms. The molecule has 30 heavy (non-hydrogen) atoms. The average molecular weight is 451 g/mol. The molecule has 0 radical (unpaired) electrons. The second kappa shape index (κ2) is 7.60. The minimum Gasteiger partial charge on any atom is -0.336 e. The summed E-state index contributed by atoms with van der Waals surface area (Å²) in [5.41, 5.74) is 1.50. The number of rotatable bonds is 4. The molecule has 4 rings (SSSR count). The second-order valence-electron chi connectivity index (χ2n) is 7.44. The fourth-order valence-corrected chi connectivity index (χ4v) is 6.36. The highest BCUT2D eigenvalue weighted by Crippen LogP contribution is 2.23. The van der Waals surface area contributed by atoms with Crippen molar-refractivity contribution in [2.45, 2.75) is 31.0 Å². The Balaban J connectivity index is 1.49. The summed E-state index contributed by atoms with van der Waals surface area (Å²) in [4.78, 5) is 32.5. The van der Waals surface area contributed by atoms with Gasteiger partial charge in [-0.1, -0.05) is 11.3 Å². The molecule has 0 aromatic carbocycles. The standard InChI is InChI=1S/C18H22N6O4S2/c1-11(2)24-15-13(10-20-24)8-14(9-19-15)16(25)22-4-6-23(7-5-22)30(27,28)17-12(3)21-18(26)29-17/h8-11H,4-7H2,1-3H3,(H,21,26). The van der Waals surface area contributed by atoms with Gasteiger partial charge in [0.15, 0.2) is 9.86 Å². The Morgan fingerprint density at radius 3 is 2.50 bits per heavy atom. The molecule has 0 bridgehead atoms. The number of H-pyrrole nitrogens is 1. The van der Waals surface area contributed by atoms with E-state index in [1.54, 1.807) is 28.8 Å². The molecule has 1 N–H and O–H groups in total. The molecular weight excluding hydrogens is 428 g/mol. The molecule has 1 saturated heterocycles. The van der Waals surface area contributed by atoms with Gasteiger partial charge in [0.1, 0.15) is 0 Å². The molecule has 10 nitrogen and oxygen atoms in total. The van der Waals surface area contributed by atoms with Crippen molar-refractivity contribution in [2.75, 3.05) is 26.2 Å². The predicted molar refractivity (Wildman–Crippen MR) is 112 cm³/mol. The largest absolute Gasteiger partial charge is 0.336 e. The number of piperazine rings is 1. The van der Waals surface area contributed by atoms with Crippen molar-refractivity contribution in [1.82, 2.24) is 29.0 Å². The first-order valence-electron chi connectivity index (χ1n) is 9.51. The summed E-state index contributed by atoms with van der Waals surface area (Å²) in [6.45, 7) is 6.44. The van der Waals surface area contributed by atoms with Gasteiger partial charge in [-0.05, 0) is 26.8 Å². The molecule has 160 valence electrons. The number of fused-ring (bicyclic) bond motifs is 1. The number of aryl methyl sites for hydroxylation is 1. The first-order valence-corrected chi connectivity index (χ1v) is 11.8. The van der Waals surface area contributed by atoms with Crippen LogP contribution in [0.15, 0.2) is 27.5 Å². The van der Waals surface area contributed by atoms with Crippen LogP contribution in [0.2, 0.25) is 0 Å². The molecule has 0 unspecified atom stereocenters. The molecule has 0 atom stereocenters. The second-order valence-corrected chi connectivity index (χ2v) is 10.6. The normalized spacial score (nSPS) is 15.9. The Kier molecular flexibility index (Phi) is 5.24. The van der Waals surface area contributed by atoms with E-state index in [0.717, 1.165) is 11.0 Å². The Hall–Kier alpha value is -2.57. The number of sulfonamides is 1. The lowest BCUT2D eigenvalue weighted by Crippen LogP contribution is -2.50. The summed E-state index contributed by atoms with van der Waals surface area (Å²) in [6.07, 6.45) is 3.23. The van der Waals surface area contributed by atoms with Crippen molar-refractivity contribution >= 4 is 38.3 Å². The minimum absolute atomic E-state index is 0.0316. The quantitative estimate of drug-likeness (QED) is 0.638. The van der Waals surface area contributed by atoms with Gasteiger partial charge in [0.05, 0.1) is 11.8 Å². The number of carbonyl (C=O) groups excluding carboxylic acids is 1. The highest BCUT2D eigenvalue weighted by atomic mass is 32.2. The van der Waals surface area contributed by atoms with E-state index in [2.05, 4.69) is 15.1 Å². The number of hydrogen-bond acceptors (Lipinski definition) is 7. The first kappa shape index (κ1) is 20.7. The van der Waals surface area contributed by atoms with Gasteiger partial charge in [-0.15, -0.1) is 0 Å². The number of aromatic amines is 1. The fraction of sp³-hybridized carbons (Fsp3) is 0.444. The van der Waals surface area contributed by atoms with Crippen LogP contribution in [-0.4, -0.2) is 69.5 Å². The molecule has 1 aliphatic rings. The maximum Gasteiger partial charge on any atom is 0.305 e. The Morgan fingerprint density at radius 2 is 1.90 bits per heavy atom. The smallest absolute Gasteiger partial charge is 0.305 e. The van der Waals surface area contributed by atoms with Crippen molar-refractivity contribution in [3.05, 3.63) is 39.4 Å². The summed E-state index contributed by atoms with van der Waals surface area (Å²) in [5.74, 6) is -0.193. The molecule has 1 aliphatic heterocycles. The van der Waals surface area contributed by atoms with Crippen LogP contribution >= 0.6 is 11.3 Å². The summed E-state index contributed by atoms with van der Waals surface area (Å²) >= 11 is 0.686. The van der Waals surface area contributed by atoms with E-state index >= 15 is 0 Å². The van der Waals surface area contributed by atoms with E-state index in [0.29, 0.717) is 22.6 Å². The van der Waals surface area contributed by atoms with Crippen LogP contribution in [0.4, 0.5) is 0 Å². The lowest BCUT2D eigenvalue weighted by Gasteiger charge is -2.33. The van der Waals surface area contributed by atoms with E-state index in [9.17, 15) is 18.0 Å². The van der Waals surface area contributed by atoms with Crippen LogP contribution in [0.3, 0.4) is 0 Å². The number of pyridine rings is 1. The van der Waals surface area contributed by atoms with Gasteiger partial charge < -0.3 is 9.88 Å². The van der Waals surface area contributed by atoms with E-state index in [-0.39, 0.29) is 42.3 Å². The zero-order valence-corrected chi connectivity index (χ0v) is 18.5. The van der Waals surface area contributed by atoms with Crippen LogP contribution in [0.5, 0.6) is 0 Å². The third-order valence-corrected chi connectivity index (χ3v) is 8.53. The molecule has 3 aromatic rings. The van der Waals surface area contributed by atoms with E-state index in [4.69, 9.17) is 0 Å². The molecule has 0 aliphatic carbocycles. The number of thiazole rings is 1. The number of aromatic nitrogens is 4.